The molecule has 0 radical (unpaired) electrons. The summed E-state index contributed by atoms with van der Waals surface area (Å²) in [6.07, 6.45) is 0.736. The molecule has 1 N–H and O–H groups in total. The molecule has 0 aromatic heterocycles. The van der Waals surface area contributed by atoms with Crippen LogP contribution in [0.1, 0.15) is 34.3 Å². The lowest BCUT2D eigenvalue weighted by molar-refractivity contribution is -0.148. The third-order valence-electron chi connectivity index (χ3n) is 5.29. The number of benzene rings is 2. The number of ether oxygens (including phenoxy) is 1. The Balaban J connectivity index is 1.78. The molecule has 0 saturated carbocycles. The summed E-state index contributed by atoms with van der Waals surface area (Å²) in [4.78, 5) is 50.2. The molecule has 8 heteroatoms. The average Bonchev–Trinajstić information content (AvgIpc) is 2.88. The SMILES string of the molecule is COc1ccc(Cl)cc1CC1CCC(=O)CN(C(=O)Cc2ccc(C(=O)O)cc2)C1=O. The molecule has 1 atom stereocenters. The van der Waals surface area contributed by atoms with Crippen LogP contribution < -0.4 is 4.74 Å². The van der Waals surface area contributed by atoms with Crippen LogP contribution >= 0.6 is 11.6 Å². The molecule has 0 bridgehead atoms. The Morgan fingerprint density at radius 1 is 1.16 bits per heavy atom. The lowest BCUT2D eigenvalue weighted by atomic mass is 9.93. The second-order valence-corrected chi connectivity index (χ2v) is 7.87. The predicted octanol–water partition coefficient (Wildman–Crippen LogP) is 3.17. The van der Waals surface area contributed by atoms with E-state index in [0.29, 0.717) is 29.2 Å². The van der Waals surface area contributed by atoms with Gasteiger partial charge in [0.2, 0.25) is 11.8 Å². The van der Waals surface area contributed by atoms with Gasteiger partial charge in [0, 0.05) is 17.4 Å². The summed E-state index contributed by atoms with van der Waals surface area (Å²) in [5.74, 6) is -2.11. The second kappa shape index (κ2) is 9.75. The van der Waals surface area contributed by atoms with Gasteiger partial charge < -0.3 is 9.84 Å². The van der Waals surface area contributed by atoms with E-state index >= 15 is 0 Å². The molecule has 0 spiro atoms. The van der Waals surface area contributed by atoms with Crippen LogP contribution in [0.2, 0.25) is 5.02 Å². The van der Waals surface area contributed by atoms with E-state index in [0.717, 1.165) is 10.5 Å². The minimum Gasteiger partial charge on any atom is -0.496 e. The number of ketones is 1. The van der Waals surface area contributed by atoms with Crippen molar-refractivity contribution < 1.29 is 29.0 Å². The molecule has 2 aromatic rings. The third-order valence-corrected chi connectivity index (χ3v) is 5.52. The summed E-state index contributed by atoms with van der Waals surface area (Å²) in [5.41, 5.74) is 1.40. The van der Waals surface area contributed by atoms with Crippen LogP contribution in [-0.4, -0.2) is 47.2 Å². The van der Waals surface area contributed by atoms with Crippen molar-refractivity contribution in [2.24, 2.45) is 5.92 Å². The summed E-state index contributed by atoms with van der Waals surface area (Å²) >= 11 is 6.09. The number of carbonyl (C=O) groups excluding carboxylic acids is 3. The Bertz CT molecular complexity index is 1020. The topological polar surface area (TPSA) is 101 Å². The number of hydrogen-bond donors (Lipinski definition) is 1. The standard InChI is InChI=1S/C23H22ClNO6/c1-31-20-9-7-18(24)12-17(20)11-16-6-8-19(26)13-25(22(16)28)21(27)10-14-2-4-15(5-3-14)23(29)30/h2-5,7,9,12,16H,6,8,10-11,13H2,1H3,(H,29,30). The van der Waals surface area contributed by atoms with Crippen molar-refractivity contribution in [1.29, 1.82) is 0 Å². The largest absolute Gasteiger partial charge is 0.496 e. The van der Waals surface area contributed by atoms with E-state index in [4.69, 9.17) is 21.4 Å². The van der Waals surface area contributed by atoms with Crippen LogP contribution in [0.3, 0.4) is 0 Å². The highest BCUT2D eigenvalue weighted by molar-refractivity contribution is 6.30. The van der Waals surface area contributed by atoms with Crippen LogP contribution in [0.4, 0.5) is 0 Å². The molecule has 1 saturated heterocycles. The molecule has 1 unspecified atom stereocenters. The van der Waals surface area contributed by atoms with Gasteiger partial charge >= 0.3 is 5.97 Å². The molecule has 162 valence electrons. The van der Waals surface area contributed by atoms with E-state index in [1.165, 1.54) is 31.4 Å². The van der Waals surface area contributed by atoms with Gasteiger partial charge in [0.25, 0.3) is 0 Å². The Labute approximate surface area is 184 Å². The number of aromatic carboxylic acids is 1. The minimum atomic E-state index is -1.06. The Morgan fingerprint density at radius 2 is 1.87 bits per heavy atom. The minimum absolute atomic E-state index is 0.104. The number of likely N-dealkylation sites (tertiary alicyclic amines) is 1. The van der Waals surface area contributed by atoms with Gasteiger partial charge in [-0.25, -0.2) is 4.79 Å². The number of carbonyl (C=O) groups is 4. The number of methoxy groups -OCH3 is 1. The van der Waals surface area contributed by atoms with Crippen molar-refractivity contribution in [2.45, 2.75) is 25.7 Å². The second-order valence-electron chi connectivity index (χ2n) is 7.43. The van der Waals surface area contributed by atoms with Crippen molar-refractivity contribution in [3.63, 3.8) is 0 Å². The summed E-state index contributed by atoms with van der Waals surface area (Å²) in [7, 11) is 1.52. The molecular weight excluding hydrogens is 422 g/mol. The molecule has 2 amide bonds. The summed E-state index contributed by atoms with van der Waals surface area (Å²) in [6.45, 7) is -0.256. The third kappa shape index (κ3) is 5.49. The monoisotopic (exact) mass is 443 g/mol. The molecule has 31 heavy (non-hydrogen) atoms. The number of Topliss-reactive ketones (excluding diaryl/α,β-unsaturated/α-hetero) is 1. The fourth-order valence-corrected chi connectivity index (χ4v) is 3.81. The van der Waals surface area contributed by atoms with Crippen molar-refractivity contribution in [3.8, 4) is 5.75 Å². The first-order valence-electron chi connectivity index (χ1n) is 9.79. The van der Waals surface area contributed by atoms with Crippen molar-refractivity contribution in [1.82, 2.24) is 4.90 Å². The number of carboxylic acids is 1. The summed E-state index contributed by atoms with van der Waals surface area (Å²) in [5, 5.41) is 9.49. The lowest BCUT2D eigenvalue weighted by Crippen LogP contribution is -2.42. The summed E-state index contributed by atoms with van der Waals surface area (Å²) in [6, 6.07) is 11.0. The van der Waals surface area contributed by atoms with Crippen LogP contribution in [-0.2, 0) is 27.2 Å². The van der Waals surface area contributed by atoms with E-state index in [2.05, 4.69) is 0 Å². The molecule has 1 fully saturated rings. The first-order valence-corrected chi connectivity index (χ1v) is 10.2. The zero-order chi connectivity index (χ0) is 22.5. The van der Waals surface area contributed by atoms with Crippen molar-refractivity contribution in [2.75, 3.05) is 13.7 Å². The number of nitrogens with zero attached hydrogens (tertiary/aromatic N) is 1. The van der Waals surface area contributed by atoms with E-state index < -0.39 is 23.7 Å². The number of rotatable bonds is 6. The van der Waals surface area contributed by atoms with Gasteiger partial charge in [0.15, 0.2) is 5.78 Å². The number of halogens is 1. The zero-order valence-corrected chi connectivity index (χ0v) is 17.7. The summed E-state index contributed by atoms with van der Waals surface area (Å²) < 4.78 is 5.35. The molecule has 7 nitrogen and oxygen atoms in total. The number of hydrogen-bond acceptors (Lipinski definition) is 5. The fraction of sp³-hybridized carbons (Fsp3) is 0.304. The molecule has 1 aliphatic heterocycles. The van der Waals surface area contributed by atoms with E-state index in [1.807, 2.05) is 0 Å². The van der Waals surface area contributed by atoms with Crippen molar-refractivity contribution >= 4 is 35.2 Å². The van der Waals surface area contributed by atoms with E-state index in [-0.39, 0.29) is 30.7 Å². The maximum absolute atomic E-state index is 13.2. The van der Waals surface area contributed by atoms with Crippen LogP contribution in [0.25, 0.3) is 0 Å². The van der Waals surface area contributed by atoms with E-state index in [1.54, 1.807) is 18.2 Å². The normalized spacial score (nSPS) is 16.7. The number of carboxylic acid groups (broad SMARTS) is 1. The van der Waals surface area contributed by atoms with Gasteiger partial charge in [-0.2, -0.15) is 0 Å². The highest BCUT2D eigenvalue weighted by atomic mass is 35.5. The van der Waals surface area contributed by atoms with Gasteiger partial charge in [0.05, 0.1) is 25.6 Å². The molecule has 1 aliphatic rings. The van der Waals surface area contributed by atoms with Gasteiger partial charge in [-0.1, -0.05) is 23.7 Å². The van der Waals surface area contributed by atoms with Gasteiger partial charge in [-0.05, 0) is 54.3 Å². The van der Waals surface area contributed by atoms with Crippen LogP contribution in [0.15, 0.2) is 42.5 Å². The first-order chi connectivity index (χ1) is 14.8. The maximum atomic E-state index is 13.2. The van der Waals surface area contributed by atoms with E-state index in [9.17, 15) is 19.2 Å². The Kier molecular flexibility index (Phi) is 7.07. The Morgan fingerprint density at radius 3 is 2.52 bits per heavy atom. The Hall–Kier alpha value is -3.19. The quantitative estimate of drug-likeness (QED) is 0.735. The number of imide groups is 1. The molecule has 3 rings (SSSR count). The van der Waals surface area contributed by atoms with Gasteiger partial charge in [-0.3, -0.25) is 19.3 Å². The molecule has 0 aliphatic carbocycles. The lowest BCUT2D eigenvalue weighted by Gasteiger charge is -2.23. The highest BCUT2D eigenvalue weighted by Crippen LogP contribution is 2.29. The predicted molar refractivity (Wildman–Crippen MR) is 113 cm³/mol. The number of amides is 2. The van der Waals surface area contributed by atoms with Gasteiger partial charge in [0.1, 0.15) is 5.75 Å². The van der Waals surface area contributed by atoms with Crippen LogP contribution in [0, 0.1) is 5.92 Å². The molecule has 2 aromatic carbocycles. The molecular formula is C23H22ClNO6. The van der Waals surface area contributed by atoms with Crippen LogP contribution in [0.5, 0.6) is 5.75 Å². The maximum Gasteiger partial charge on any atom is 0.335 e. The highest BCUT2D eigenvalue weighted by Gasteiger charge is 2.34. The molecule has 1 heterocycles. The zero-order valence-electron chi connectivity index (χ0n) is 17.0. The van der Waals surface area contributed by atoms with Crippen molar-refractivity contribution in [3.05, 3.63) is 64.2 Å². The smallest absolute Gasteiger partial charge is 0.335 e. The first kappa shape index (κ1) is 22.5. The average molecular weight is 444 g/mol. The fourth-order valence-electron chi connectivity index (χ4n) is 3.62. The van der Waals surface area contributed by atoms with Gasteiger partial charge in [-0.15, -0.1) is 0 Å².